The first-order chi connectivity index (χ1) is 5.65. The first kappa shape index (κ1) is 13.4. The second-order valence-corrected chi connectivity index (χ2v) is 5.13. The molecule has 0 aliphatic rings. The van der Waals surface area contributed by atoms with Gasteiger partial charge < -0.3 is 10.8 Å². The summed E-state index contributed by atoms with van der Waals surface area (Å²) >= 11 is 5.08. The van der Waals surface area contributed by atoms with E-state index in [0.29, 0.717) is 6.42 Å². The largest absolute Gasteiger partial charge is 0.396 e. The van der Waals surface area contributed by atoms with Crippen molar-refractivity contribution in [3.63, 3.8) is 0 Å². The third-order valence-corrected chi connectivity index (χ3v) is 3.95. The lowest BCUT2D eigenvalue weighted by atomic mass is 10.2. The van der Waals surface area contributed by atoms with Gasteiger partial charge in [0.15, 0.2) is 0 Å². The highest BCUT2D eigenvalue weighted by Gasteiger charge is 2.09. The quantitative estimate of drug-likeness (QED) is 0.897. The summed E-state index contributed by atoms with van der Waals surface area (Å²) in [5, 5.41) is 8.69. The Hall–Kier alpha value is 0.390. The molecule has 1 atom stereocenters. The van der Waals surface area contributed by atoms with E-state index < -0.39 is 0 Å². The Morgan fingerprint density at radius 3 is 2.69 bits per heavy atom. The Balaban J connectivity index is 0.00000144. The van der Waals surface area contributed by atoms with Crippen LogP contribution in [-0.4, -0.2) is 11.7 Å². The van der Waals surface area contributed by atoms with Crippen molar-refractivity contribution in [1.82, 2.24) is 0 Å². The molecule has 3 N–H and O–H groups in total. The molecule has 13 heavy (non-hydrogen) atoms. The molecule has 0 aliphatic heterocycles. The number of hydrogen-bond acceptors (Lipinski definition) is 3. The third-order valence-electron chi connectivity index (χ3n) is 1.68. The van der Waals surface area contributed by atoms with Crippen LogP contribution in [0.4, 0.5) is 0 Å². The van der Waals surface area contributed by atoms with Crippen molar-refractivity contribution in [2.45, 2.75) is 19.4 Å². The Bertz CT molecular complexity index is 247. The van der Waals surface area contributed by atoms with Gasteiger partial charge in [-0.3, -0.25) is 0 Å². The summed E-state index contributed by atoms with van der Waals surface area (Å²) in [6, 6.07) is 2.04. The number of hydrogen-bond donors (Lipinski definition) is 2. The number of aryl methyl sites for hydroxylation is 1. The van der Waals surface area contributed by atoms with Gasteiger partial charge in [0.2, 0.25) is 0 Å². The molecule has 0 fully saturated rings. The van der Waals surface area contributed by atoms with Gasteiger partial charge in [-0.2, -0.15) is 0 Å². The van der Waals surface area contributed by atoms with Crippen molar-refractivity contribution in [2.75, 3.05) is 6.61 Å². The van der Waals surface area contributed by atoms with E-state index in [0.717, 1.165) is 8.66 Å². The van der Waals surface area contributed by atoms with Crippen LogP contribution >= 0.6 is 39.7 Å². The third kappa shape index (κ3) is 3.56. The van der Waals surface area contributed by atoms with E-state index in [1.807, 2.05) is 6.92 Å². The maximum absolute atomic E-state index is 8.69. The fourth-order valence-electron chi connectivity index (χ4n) is 0.948. The molecule has 0 amide bonds. The summed E-state index contributed by atoms with van der Waals surface area (Å²) < 4.78 is 1.13. The number of halogens is 2. The number of rotatable bonds is 3. The monoisotopic (exact) mass is 285 g/mol. The van der Waals surface area contributed by atoms with Gasteiger partial charge in [-0.05, 0) is 40.9 Å². The number of aliphatic hydroxyl groups is 1. The smallest absolute Gasteiger partial charge is 0.0731 e. The average molecular weight is 287 g/mol. The van der Waals surface area contributed by atoms with Gasteiger partial charge in [0, 0.05) is 17.5 Å². The van der Waals surface area contributed by atoms with Crippen molar-refractivity contribution >= 4 is 39.7 Å². The topological polar surface area (TPSA) is 46.2 Å². The molecule has 1 aromatic rings. The van der Waals surface area contributed by atoms with E-state index >= 15 is 0 Å². The van der Waals surface area contributed by atoms with E-state index in [1.54, 1.807) is 11.3 Å². The van der Waals surface area contributed by atoms with Crippen LogP contribution in [0.2, 0.25) is 0 Å². The van der Waals surface area contributed by atoms with E-state index in [2.05, 4.69) is 22.0 Å². The lowest BCUT2D eigenvalue weighted by Crippen LogP contribution is -2.09. The highest BCUT2D eigenvalue weighted by Crippen LogP contribution is 2.31. The molecule has 1 rings (SSSR count). The van der Waals surface area contributed by atoms with Crippen molar-refractivity contribution < 1.29 is 5.11 Å². The Labute approximate surface area is 96.7 Å². The molecule has 0 saturated carbocycles. The molecule has 0 unspecified atom stereocenters. The molecule has 0 spiro atoms. The maximum atomic E-state index is 8.69. The Morgan fingerprint density at radius 2 is 2.31 bits per heavy atom. The van der Waals surface area contributed by atoms with Gasteiger partial charge >= 0.3 is 0 Å². The molecule has 0 aliphatic carbocycles. The minimum atomic E-state index is -0.0231. The standard InChI is InChI=1S/C8H12BrNOS.ClH/c1-5-4-7(12-8(5)9)6(10)2-3-11;/h4,6,11H,2-3,10H2,1H3;1H/t6-;/m0./s1. The van der Waals surface area contributed by atoms with Crippen molar-refractivity contribution in [3.8, 4) is 0 Å². The molecule has 2 nitrogen and oxygen atoms in total. The second kappa shape index (κ2) is 5.98. The zero-order valence-electron chi connectivity index (χ0n) is 7.29. The van der Waals surface area contributed by atoms with Crippen LogP contribution in [0.3, 0.4) is 0 Å². The van der Waals surface area contributed by atoms with Crippen LogP contribution in [-0.2, 0) is 0 Å². The molecular weight excluding hydrogens is 274 g/mol. The van der Waals surface area contributed by atoms with Gasteiger partial charge in [-0.25, -0.2) is 0 Å². The van der Waals surface area contributed by atoms with Gasteiger partial charge in [0.25, 0.3) is 0 Å². The summed E-state index contributed by atoms with van der Waals surface area (Å²) in [5.74, 6) is 0. The van der Waals surface area contributed by atoms with Crippen LogP contribution < -0.4 is 5.73 Å². The predicted molar refractivity (Wildman–Crippen MR) is 62.6 cm³/mol. The SMILES string of the molecule is Cc1cc([C@@H](N)CCO)sc1Br.Cl. The molecule has 0 radical (unpaired) electrons. The van der Waals surface area contributed by atoms with E-state index in [4.69, 9.17) is 10.8 Å². The fraction of sp³-hybridized carbons (Fsp3) is 0.500. The minimum absolute atomic E-state index is 0. The predicted octanol–water partition coefficient (Wildman–Crippen LogP) is 2.62. The highest BCUT2D eigenvalue weighted by molar-refractivity contribution is 9.11. The summed E-state index contributed by atoms with van der Waals surface area (Å²) in [5.41, 5.74) is 7.03. The number of nitrogens with two attached hydrogens (primary N) is 1. The zero-order valence-corrected chi connectivity index (χ0v) is 10.5. The van der Waals surface area contributed by atoms with Crippen molar-refractivity contribution in [3.05, 3.63) is 20.3 Å². The molecule has 5 heteroatoms. The van der Waals surface area contributed by atoms with E-state index in [9.17, 15) is 0 Å². The molecule has 76 valence electrons. The van der Waals surface area contributed by atoms with Crippen LogP contribution in [0.5, 0.6) is 0 Å². The molecule has 0 bridgehead atoms. The lowest BCUT2D eigenvalue weighted by molar-refractivity contribution is 0.277. The first-order valence-corrected chi connectivity index (χ1v) is 5.38. The number of thiophene rings is 1. The van der Waals surface area contributed by atoms with E-state index in [-0.39, 0.29) is 25.1 Å². The summed E-state index contributed by atoms with van der Waals surface area (Å²) in [7, 11) is 0. The van der Waals surface area contributed by atoms with Crippen LogP contribution in [0, 0.1) is 6.92 Å². The van der Waals surface area contributed by atoms with Crippen LogP contribution in [0.15, 0.2) is 9.85 Å². The Morgan fingerprint density at radius 1 is 1.69 bits per heavy atom. The fourth-order valence-corrected chi connectivity index (χ4v) is 2.55. The normalized spacial score (nSPS) is 12.3. The number of aliphatic hydroxyl groups excluding tert-OH is 1. The minimum Gasteiger partial charge on any atom is -0.396 e. The Kier molecular flexibility index (Phi) is 6.16. The second-order valence-electron chi connectivity index (χ2n) is 2.72. The molecule has 1 aromatic heterocycles. The van der Waals surface area contributed by atoms with Gasteiger partial charge in [0.1, 0.15) is 0 Å². The summed E-state index contributed by atoms with van der Waals surface area (Å²) in [6.07, 6.45) is 0.631. The molecule has 0 saturated heterocycles. The molecular formula is C8H13BrClNOS. The highest BCUT2D eigenvalue weighted by atomic mass is 79.9. The zero-order chi connectivity index (χ0) is 9.14. The van der Waals surface area contributed by atoms with Gasteiger partial charge in [-0.1, -0.05) is 0 Å². The average Bonchev–Trinajstić information content (AvgIpc) is 2.33. The first-order valence-electron chi connectivity index (χ1n) is 3.77. The molecule has 1 heterocycles. The van der Waals surface area contributed by atoms with Gasteiger partial charge in [0.05, 0.1) is 3.79 Å². The maximum Gasteiger partial charge on any atom is 0.0731 e. The van der Waals surface area contributed by atoms with E-state index in [1.165, 1.54) is 5.56 Å². The van der Waals surface area contributed by atoms with Crippen LogP contribution in [0.1, 0.15) is 22.9 Å². The van der Waals surface area contributed by atoms with Crippen molar-refractivity contribution in [2.24, 2.45) is 5.73 Å². The summed E-state index contributed by atoms with van der Waals surface area (Å²) in [4.78, 5) is 1.13. The van der Waals surface area contributed by atoms with Crippen molar-refractivity contribution in [1.29, 1.82) is 0 Å². The van der Waals surface area contributed by atoms with Crippen LogP contribution in [0.25, 0.3) is 0 Å². The molecule has 0 aromatic carbocycles. The van der Waals surface area contributed by atoms with Gasteiger partial charge in [-0.15, -0.1) is 23.7 Å². The lowest BCUT2D eigenvalue weighted by Gasteiger charge is -2.05. The summed E-state index contributed by atoms with van der Waals surface area (Å²) in [6.45, 7) is 2.19.